The summed E-state index contributed by atoms with van der Waals surface area (Å²) < 4.78 is 40.8. The van der Waals surface area contributed by atoms with Crippen LogP contribution in [-0.4, -0.2) is 37.4 Å². The molecule has 0 aromatic heterocycles. The maximum atomic E-state index is 12.3. The van der Waals surface area contributed by atoms with E-state index in [1.165, 1.54) is 18.2 Å². The zero-order valence-corrected chi connectivity index (χ0v) is 16.1. The summed E-state index contributed by atoms with van der Waals surface area (Å²) in [7, 11) is 0. The summed E-state index contributed by atoms with van der Waals surface area (Å²) in [6.45, 7) is 4.72. The van der Waals surface area contributed by atoms with Crippen molar-refractivity contribution in [2.75, 3.05) is 18.0 Å². The molecule has 10 heteroatoms. The molecule has 1 aromatic rings. The first-order valence-corrected chi connectivity index (χ1v) is 7.82. The lowest BCUT2D eigenvalue weighted by Crippen LogP contribution is -2.44. The molecule has 0 saturated carbocycles. The second kappa shape index (κ2) is 10.1. The lowest BCUT2D eigenvalue weighted by molar-refractivity contribution is -0.274. The SMILES string of the molecule is CC(N)C(C)C(=O)NC1CCN(c2cccc(OC(F)(F)F)c2)C1.Cl.Cl. The Bertz CT molecular complexity index is 588. The Morgan fingerprint density at radius 3 is 2.58 bits per heavy atom. The van der Waals surface area contributed by atoms with E-state index >= 15 is 0 Å². The number of anilines is 1. The summed E-state index contributed by atoms with van der Waals surface area (Å²) >= 11 is 0. The highest BCUT2D eigenvalue weighted by atomic mass is 35.5. The van der Waals surface area contributed by atoms with Crippen molar-refractivity contribution in [3.63, 3.8) is 0 Å². The van der Waals surface area contributed by atoms with Gasteiger partial charge in [0.2, 0.25) is 5.91 Å². The summed E-state index contributed by atoms with van der Waals surface area (Å²) in [5.74, 6) is -0.647. The second-order valence-corrected chi connectivity index (χ2v) is 6.13. The fraction of sp³-hybridized carbons (Fsp3) is 0.562. The van der Waals surface area contributed by atoms with Gasteiger partial charge in [0.25, 0.3) is 0 Å². The summed E-state index contributed by atoms with van der Waals surface area (Å²) in [6.07, 6.45) is -3.99. The second-order valence-electron chi connectivity index (χ2n) is 6.13. The molecule has 150 valence electrons. The van der Waals surface area contributed by atoms with Crippen molar-refractivity contribution in [1.29, 1.82) is 0 Å². The van der Waals surface area contributed by atoms with Crippen LogP contribution in [-0.2, 0) is 4.79 Å². The Hall–Kier alpha value is -1.38. The van der Waals surface area contributed by atoms with Crippen LogP contribution >= 0.6 is 24.8 Å². The fourth-order valence-electron chi connectivity index (χ4n) is 2.56. The average molecular weight is 418 g/mol. The van der Waals surface area contributed by atoms with E-state index in [1.54, 1.807) is 19.9 Å². The maximum Gasteiger partial charge on any atom is 0.573 e. The van der Waals surface area contributed by atoms with Crippen LogP contribution in [0.15, 0.2) is 24.3 Å². The smallest absolute Gasteiger partial charge is 0.406 e. The van der Waals surface area contributed by atoms with Gasteiger partial charge in [0, 0.05) is 42.8 Å². The molecule has 3 unspecified atom stereocenters. The number of carbonyl (C=O) groups excluding carboxylic acids is 1. The van der Waals surface area contributed by atoms with Crippen molar-refractivity contribution in [2.24, 2.45) is 11.7 Å². The first-order chi connectivity index (χ1) is 11.2. The van der Waals surface area contributed by atoms with E-state index in [2.05, 4.69) is 10.1 Å². The van der Waals surface area contributed by atoms with Gasteiger partial charge in [-0.3, -0.25) is 4.79 Å². The first-order valence-electron chi connectivity index (χ1n) is 7.82. The minimum Gasteiger partial charge on any atom is -0.406 e. The number of carbonyl (C=O) groups is 1. The van der Waals surface area contributed by atoms with Crippen molar-refractivity contribution in [1.82, 2.24) is 5.32 Å². The first kappa shape index (κ1) is 24.6. The molecule has 26 heavy (non-hydrogen) atoms. The third-order valence-electron chi connectivity index (χ3n) is 4.15. The molecule has 1 aromatic carbocycles. The molecule has 1 aliphatic heterocycles. The Morgan fingerprint density at radius 2 is 2.00 bits per heavy atom. The van der Waals surface area contributed by atoms with Crippen LogP contribution in [0.3, 0.4) is 0 Å². The van der Waals surface area contributed by atoms with Gasteiger partial charge in [-0.2, -0.15) is 0 Å². The number of hydrogen-bond acceptors (Lipinski definition) is 4. The molecular formula is C16H24Cl2F3N3O2. The highest BCUT2D eigenvalue weighted by Gasteiger charge is 2.32. The van der Waals surface area contributed by atoms with Gasteiger partial charge < -0.3 is 20.7 Å². The Morgan fingerprint density at radius 1 is 1.35 bits per heavy atom. The van der Waals surface area contributed by atoms with Crippen LogP contribution in [0.25, 0.3) is 0 Å². The number of nitrogens with one attached hydrogen (secondary N) is 1. The van der Waals surface area contributed by atoms with E-state index < -0.39 is 6.36 Å². The van der Waals surface area contributed by atoms with Gasteiger partial charge in [-0.25, -0.2) is 0 Å². The standard InChI is InChI=1S/C16H22F3N3O2.2ClH/c1-10(11(2)20)15(23)21-12-6-7-22(9-12)13-4-3-5-14(8-13)24-16(17,18)19;;/h3-5,8,10-12H,6-7,9,20H2,1-2H3,(H,21,23);2*1H. The third-order valence-corrected chi connectivity index (χ3v) is 4.15. The Balaban J connectivity index is 0.00000312. The predicted molar refractivity (Wildman–Crippen MR) is 99.2 cm³/mol. The van der Waals surface area contributed by atoms with E-state index in [1.807, 2.05) is 4.90 Å². The molecule has 1 heterocycles. The Labute approximate surface area is 163 Å². The fourth-order valence-corrected chi connectivity index (χ4v) is 2.56. The molecule has 0 spiro atoms. The van der Waals surface area contributed by atoms with E-state index in [0.717, 1.165) is 6.42 Å². The molecular weight excluding hydrogens is 394 g/mol. The largest absolute Gasteiger partial charge is 0.573 e. The number of benzene rings is 1. The number of nitrogens with two attached hydrogens (primary N) is 1. The topological polar surface area (TPSA) is 67.6 Å². The van der Waals surface area contributed by atoms with Crippen molar-refractivity contribution in [3.8, 4) is 5.75 Å². The predicted octanol–water partition coefficient (Wildman–Crippen LogP) is 3.11. The zero-order valence-electron chi connectivity index (χ0n) is 14.5. The van der Waals surface area contributed by atoms with Crippen molar-refractivity contribution in [3.05, 3.63) is 24.3 Å². The van der Waals surface area contributed by atoms with E-state index in [9.17, 15) is 18.0 Å². The normalized spacial score (nSPS) is 19.0. The average Bonchev–Trinajstić information content (AvgIpc) is 2.93. The molecule has 1 saturated heterocycles. The number of amides is 1. The van der Waals surface area contributed by atoms with E-state index in [0.29, 0.717) is 18.8 Å². The zero-order chi connectivity index (χ0) is 17.9. The highest BCUT2D eigenvalue weighted by Crippen LogP contribution is 2.28. The molecule has 3 atom stereocenters. The summed E-state index contributed by atoms with van der Waals surface area (Å²) in [5, 5.41) is 2.94. The van der Waals surface area contributed by atoms with Gasteiger partial charge >= 0.3 is 6.36 Å². The van der Waals surface area contributed by atoms with Gasteiger partial charge in [-0.1, -0.05) is 13.0 Å². The maximum absolute atomic E-state index is 12.3. The van der Waals surface area contributed by atoms with Crippen LogP contribution in [0.2, 0.25) is 0 Å². The number of ether oxygens (including phenoxy) is 1. The molecule has 0 radical (unpaired) electrons. The van der Waals surface area contributed by atoms with Crippen LogP contribution < -0.4 is 20.7 Å². The van der Waals surface area contributed by atoms with E-state index in [4.69, 9.17) is 5.73 Å². The molecule has 0 aliphatic carbocycles. The minimum atomic E-state index is -4.71. The van der Waals surface area contributed by atoms with Crippen molar-refractivity contribution >= 4 is 36.4 Å². The van der Waals surface area contributed by atoms with Crippen LogP contribution in [0.1, 0.15) is 20.3 Å². The highest BCUT2D eigenvalue weighted by molar-refractivity contribution is 5.85. The molecule has 2 rings (SSSR count). The van der Waals surface area contributed by atoms with E-state index in [-0.39, 0.29) is 54.5 Å². The van der Waals surface area contributed by atoms with Gasteiger partial charge in [0.05, 0.1) is 0 Å². The molecule has 0 bridgehead atoms. The number of rotatable bonds is 5. The summed E-state index contributed by atoms with van der Waals surface area (Å²) in [4.78, 5) is 14.0. The van der Waals surface area contributed by atoms with Crippen molar-refractivity contribution < 1.29 is 22.7 Å². The van der Waals surface area contributed by atoms with Gasteiger partial charge in [-0.15, -0.1) is 38.0 Å². The number of hydrogen-bond donors (Lipinski definition) is 2. The monoisotopic (exact) mass is 417 g/mol. The van der Waals surface area contributed by atoms with Crippen LogP contribution in [0.4, 0.5) is 18.9 Å². The third kappa shape index (κ3) is 7.09. The van der Waals surface area contributed by atoms with Crippen LogP contribution in [0, 0.1) is 5.92 Å². The number of halogens is 5. The van der Waals surface area contributed by atoms with Crippen LogP contribution in [0.5, 0.6) is 5.75 Å². The minimum absolute atomic E-state index is 0. The van der Waals surface area contributed by atoms with Crippen molar-refractivity contribution in [2.45, 2.75) is 38.7 Å². The van der Waals surface area contributed by atoms with Gasteiger partial charge in [-0.05, 0) is 25.5 Å². The molecule has 1 amide bonds. The summed E-state index contributed by atoms with van der Waals surface area (Å²) in [5.41, 5.74) is 6.35. The number of alkyl halides is 3. The molecule has 5 nitrogen and oxygen atoms in total. The lowest BCUT2D eigenvalue weighted by atomic mass is 10.0. The summed E-state index contributed by atoms with van der Waals surface area (Å²) in [6, 6.07) is 5.56. The quantitative estimate of drug-likeness (QED) is 0.772. The molecule has 1 aliphatic rings. The number of nitrogens with zero attached hydrogens (tertiary/aromatic N) is 1. The molecule has 1 fully saturated rings. The molecule has 3 N–H and O–H groups in total. The van der Waals surface area contributed by atoms with Gasteiger partial charge in [0.1, 0.15) is 5.75 Å². The van der Waals surface area contributed by atoms with Gasteiger partial charge in [0.15, 0.2) is 0 Å². The lowest BCUT2D eigenvalue weighted by Gasteiger charge is -2.21. The Kier molecular flexibility index (Phi) is 9.55.